The van der Waals surface area contributed by atoms with E-state index in [-0.39, 0.29) is 5.41 Å². The maximum absolute atomic E-state index is 12.9. The van der Waals surface area contributed by atoms with E-state index in [2.05, 4.69) is 30.7 Å². The molecule has 20 heavy (non-hydrogen) atoms. The number of nitrogens with zero attached hydrogens (tertiary/aromatic N) is 2. The van der Waals surface area contributed by atoms with E-state index in [0.717, 1.165) is 16.9 Å². The van der Waals surface area contributed by atoms with Gasteiger partial charge in [-0.3, -0.25) is 4.98 Å². The topological polar surface area (TPSA) is 46.0 Å². The third-order valence-corrected chi connectivity index (χ3v) is 3.94. The molecule has 5 heteroatoms. The van der Waals surface area contributed by atoms with Gasteiger partial charge in [-0.1, -0.05) is 20.8 Å². The monoisotopic (exact) mass is 294 g/mol. The van der Waals surface area contributed by atoms with Crippen molar-refractivity contribution in [1.29, 1.82) is 0 Å². The van der Waals surface area contributed by atoms with Crippen molar-refractivity contribution in [3.05, 3.63) is 45.9 Å². The first-order valence-electron chi connectivity index (χ1n) is 6.48. The van der Waals surface area contributed by atoms with Gasteiger partial charge in [-0.2, -0.15) is 0 Å². The maximum atomic E-state index is 12.9. The van der Waals surface area contributed by atoms with Crippen molar-refractivity contribution < 1.29 is 9.50 Å². The minimum Gasteiger partial charge on any atom is -0.383 e. The van der Waals surface area contributed by atoms with E-state index in [0.29, 0.717) is 12.1 Å². The molecule has 3 nitrogen and oxygen atoms in total. The smallest absolute Gasteiger partial charge is 0.141 e. The molecular weight excluding hydrogens is 275 g/mol. The molecule has 1 atom stereocenters. The highest BCUT2D eigenvalue weighted by Gasteiger charge is 2.27. The number of hydrogen-bond acceptors (Lipinski definition) is 4. The normalized spacial score (nSPS) is 15.1. The number of halogens is 1. The molecule has 108 valence electrons. The van der Waals surface area contributed by atoms with Crippen LogP contribution in [0.5, 0.6) is 0 Å². The first-order valence-corrected chi connectivity index (χ1v) is 7.36. The van der Waals surface area contributed by atoms with E-state index in [1.54, 1.807) is 6.92 Å². The molecule has 0 radical (unpaired) electrons. The first-order chi connectivity index (χ1) is 9.18. The van der Waals surface area contributed by atoms with Crippen LogP contribution in [0.1, 0.15) is 44.1 Å². The molecule has 0 fully saturated rings. The van der Waals surface area contributed by atoms with E-state index in [1.165, 1.54) is 23.5 Å². The van der Waals surface area contributed by atoms with E-state index in [1.807, 2.05) is 5.38 Å². The molecule has 1 N–H and O–H groups in total. The third kappa shape index (κ3) is 3.41. The second-order valence-electron chi connectivity index (χ2n) is 6.19. The summed E-state index contributed by atoms with van der Waals surface area (Å²) in [4.78, 5) is 8.52. The molecule has 0 aliphatic rings. The Morgan fingerprint density at radius 3 is 2.40 bits per heavy atom. The fraction of sp³-hybridized carbons (Fsp3) is 0.467. The lowest BCUT2D eigenvalue weighted by atomic mass is 9.93. The van der Waals surface area contributed by atoms with Crippen molar-refractivity contribution >= 4 is 11.3 Å². The Labute approximate surface area is 122 Å². The minimum atomic E-state index is -1.15. The van der Waals surface area contributed by atoms with Crippen LogP contribution in [0.3, 0.4) is 0 Å². The zero-order valence-corrected chi connectivity index (χ0v) is 13.0. The summed E-state index contributed by atoms with van der Waals surface area (Å²) in [6, 6.07) is 2.81. The highest BCUT2D eigenvalue weighted by atomic mass is 32.1. The number of pyridine rings is 1. The van der Waals surface area contributed by atoms with Crippen LogP contribution in [-0.4, -0.2) is 15.1 Å². The number of rotatable bonds is 3. The van der Waals surface area contributed by atoms with E-state index < -0.39 is 11.4 Å². The van der Waals surface area contributed by atoms with Crippen LogP contribution in [-0.2, 0) is 17.4 Å². The average molecular weight is 294 g/mol. The molecule has 2 aromatic rings. The molecule has 2 rings (SSSR count). The molecule has 0 amide bonds. The summed E-state index contributed by atoms with van der Waals surface area (Å²) in [5.41, 5.74) is 0.307. The largest absolute Gasteiger partial charge is 0.383 e. The summed E-state index contributed by atoms with van der Waals surface area (Å²) in [7, 11) is 0. The van der Waals surface area contributed by atoms with Gasteiger partial charge < -0.3 is 5.11 Å². The standard InChI is InChI=1S/C15H19FN2OS/c1-14(2,3)12-9-20-13(18-12)7-15(4,19)11-6-5-10(16)8-17-11/h5-6,8-9,19H,7H2,1-4H3. The van der Waals surface area contributed by atoms with Gasteiger partial charge in [-0.25, -0.2) is 9.37 Å². The zero-order valence-electron chi connectivity index (χ0n) is 12.1. The Bertz CT molecular complexity index is 585. The van der Waals surface area contributed by atoms with E-state index >= 15 is 0 Å². The highest BCUT2D eigenvalue weighted by Crippen LogP contribution is 2.29. The van der Waals surface area contributed by atoms with Gasteiger partial charge in [0.25, 0.3) is 0 Å². The van der Waals surface area contributed by atoms with Crippen molar-refractivity contribution in [2.45, 2.75) is 45.1 Å². The highest BCUT2D eigenvalue weighted by molar-refractivity contribution is 7.09. The van der Waals surface area contributed by atoms with E-state index in [4.69, 9.17) is 0 Å². The summed E-state index contributed by atoms with van der Waals surface area (Å²) >= 11 is 1.53. The van der Waals surface area contributed by atoms with Crippen LogP contribution in [0.2, 0.25) is 0 Å². The second-order valence-corrected chi connectivity index (χ2v) is 7.13. The molecule has 2 heterocycles. The van der Waals surface area contributed by atoms with Gasteiger partial charge in [-0.05, 0) is 19.1 Å². The summed E-state index contributed by atoms with van der Waals surface area (Å²) < 4.78 is 12.9. The number of hydrogen-bond donors (Lipinski definition) is 1. The van der Waals surface area contributed by atoms with Gasteiger partial charge in [0.1, 0.15) is 11.4 Å². The molecule has 1 unspecified atom stereocenters. The van der Waals surface area contributed by atoms with Gasteiger partial charge in [0, 0.05) is 17.2 Å². The fourth-order valence-electron chi connectivity index (χ4n) is 1.82. The Hall–Kier alpha value is -1.33. The lowest BCUT2D eigenvalue weighted by Gasteiger charge is -2.21. The average Bonchev–Trinajstić information content (AvgIpc) is 2.77. The fourth-order valence-corrected chi connectivity index (χ4v) is 2.99. The zero-order chi connectivity index (χ0) is 15.0. The van der Waals surface area contributed by atoms with Crippen LogP contribution in [0.4, 0.5) is 4.39 Å². The van der Waals surface area contributed by atoms with Crippen LogP contribution in [0.15, 0.2) is 23.7 Å². The summed E-state index contributed by atoms with van der Waals surface area (Å²) in [6.07, 6.45) is 1.48. The molecular formula is C15H19FN2OS. The Balaban J connectivity index is 2.19. The number of thiazole rings is 1. The van der Waals surface area contributed by atoms with Gasteiger partial charge in [0.05, 0.1) is 22.6 Å². The third-order valence-electron chi connectivity index (χ3n) is 3.09. The van der Waals surface area contributed by atoms with E-state index in [9.17, 15) is 9.50 Å². The Morgan fingerprint density at radius 1 is 1.20 bits per heavy atom. The van der Waals surface area contributed by atoms with Crippen molar-refractivity contribution in [1.82, 2.24) is 9.97 Å². The van der Waals surface area contributed by atoms with Crippen molar-refractivity contribution in [3.63, 3.8) is 0 Å². The maximum Gasteiger partial charge on any atom is 0.141 e. The van der Waals surface area contributed by atoms with Crippen LogP contribution < -0.4 is 0 Å². The van der Waals surface area contributed by atoms with Crippen molar-refractivity contribution in [2.75, 3.05) is 0 Å². The molecule has 0 saturated carbocycles. The van der Waals surface area contributed by atoms with Gasteiger partial charge in [0.2, 0.25) is 0 Å². The predicted molar refractivity (Wildman–Crippen MR) is 78.3 cm³/mol. The molecule has 0 aliphatic heterocycles. The molecule has 0 saturated heterocycles. The molecule has 0 aliphatic carbocycles. The lowest BCUT2D eigenvalue weighted by molar-refractivity contribution is 0.0528. The molecule has 0 bridgehead atoms. The second kappa shape index (κ2) is 5.22. The predicted octanol–water partition coefficient (Wildman–Crippen LogP) is 3.42. The Kier molecular flexibility index (Phi) is 3.93. The van der Waals surface area contributed by atoms with Gasteiger partial charge in [-0.15, -0.1) is 11.3 Å². The number of aromatic nitrogens is 2. The minimum absolute atomic E-state index is 0.00523. The molecule has 2 aromatic heterocycles. The van der Waals surface area contributed by atoms with Crippen LogP contribution in [0.25, 0.3) is 0 Å². The summed E-state index contributed by atoms with van der Waals surface area (Å²) in [5.74, 6) is -0.409. The molecule has 0 spiro atoms. The number of aliphatic hydroxyl groups is 1. The Morgan fingerprint density at radius 2 is 1.90 bits per heavy atom. The van der Waals surface area contributed by atoms with Gasteiger partial charge >= 0.3 is 0 Å². The molecule has 0 aromatic carbocycles. The quantitative estimate of drug-likeness (QED) is 0.943. The summed E-state index contributed by atoms with van der Waals surface area (Å²) in [6.45, 7) is 7.98. The SMILES string of the molecule is CC(C)(C)c1csc(CC(C)(O)c2ccc(F)cn2)n1. The van der Waals surface area contributed by atoms with Crippen molar-refractivity contribution in [2.24, 2.45) is 0 Å². The van der Waals surface area contributed by atoms with Crippen molar-refractivity contribution in [3.8, 4) is 0 Å². The first kappa shape index (κ1) is 15.1. The van der Waals surface area contributed by atoms with Crippen LogP contribution >= 0.6 is 11.3 Å². The van der Waals surface area contributed by atoms with Gasteiger partial charge in [0.15, 0.2) is 0 Å². The lowest BCUT2D eigenvalue weighted by Crippen LogP contribution is -2.25. The van der Waals surface area contributed by atoms with Crippen LogP contribution in [0, 0.1) is 5.82 Å². The summed E-state index contributed by atoms with van der Waals surface area (Å²) in [5, 5.41) is 13.4.